The Hall–Kier alpha value is -3.94. The van der Waals surface area contributed by atoms with Crippen LogP contribution in [0, 0.1) is 40.5 Å². The molecule has 1 aliphatic carbocycles. The van der Waals surface area contributed by atoms with E-state index in [9.17, 15) is 40.5 Å². The molecule has 0 spiro atoms. The smallest absolute Gasteiger partial charge is 0.258 e. The van der Waals surface area contributed by atoms with Crippen molar-refractivity contribution < 1.29 is 19.7 Å². The van der Waals surface area contributed by atoms with E-state index in [0.717, 1.165) is 38.9 Å². The van der Waals surface area contributed by atoms with Crippen LogP contribution in [0.2, 0.25) is 0 Å². The molecule has 46 heavy (non-hydrogen) atoms. The van der Waals surface area contributed by atoms with Crippen molar-refractivity contribution >= 4 is 110 Å². The molecule has 0 saturated carbocycles. The number of thiophene rings is 2. The number of non-ortho nitro benzene ring substituents is 2. The third-order valence-electron chi connectivity index (χ3n) is 6.82. The molecule has 1 aliphatic heterocycles. The van der Waals surface area contributed by atoms with E-state index in [1.54, 1.807) is 70.5 Å². The van der Waals surface area contributed by atoms with Crippen LogP contribution < -0.4 is 0 Å². The first kappa shape index (κ1) is 32.0. The second-order valence-corrected chi connectivity index (χ2v) is 16.2. The summed E-state index contributed by atoms with van der Waals surface area (Å²) in [5.74, 6) is 0. The SMILES string of the molecule is CSC1=C(SC)SC(=Cc2ccc(-c3ccc(C=C4c5cc([N+](=O)[O-])cc([N+](=O)[O-])c5-c5c4cc([N+](=O)[O-])cc5[N+](=O)[O-])s3)s2)S1. The number of nitro groups is 4. The molecule has 0 saturated heterocycles. The number of rotatable bonds is 9. The quantitative estimate of drug-likeness (QED) is 0.104. The second kappa shape index (κ2) is 12.7. The Labute approximate surface area is 284 Å². The van der Waals surface area contributed by atoms with E-state index in [4.69, 9.17) is 0 Å². The molecule has 3 heterocycles. The van der Waals surface area contributed by atoms with Gasteiger partial charge in [0.1, 0.15) is 0 Å². The molecular weight excluding hydrogens is 713 g/mol. The Balaban J connectivity index is 1.45. The normalized spacial score (nSPS) is 13.5. The molecule has 0 atom stereocenters. The first-order valence-electron chi connectivity index (χ1n) is 12.7. The summed E-state index contributed by atoms with van der Waals surface area (Å²) < 4.78 is 3.74. The topological polar surface area (TPSA) is 173 Å². The van der Waals surface area contributed by atoms with Crippen LogP contribution >= 0.6 is 69.7 Å². The molecular formula is C28H16N4O8S6. The maximum atomic E-state index is 12.1. The molecule has 2 aromatic heterocycles. The molecule has 6 rings (SSSR count). The average Bonchev–Trinajstić information content (AvgIpc) is 3.82. The van der Waals surface area contributed by atoms with Crippen molar-refractivity contribution in [3.63, 3.8) is 0 Å². The highest BCUT2D eigenvalue weighted by Crippen LogP contribution is 2.57. The number of fused-ring (bicyclic) bond motifs is 3. The third-order valence-corrected chi connectivity index (χ3v) is 14.2. The summed E-state index contributed by atoms with van der Waals surface area (Å²) in [6.07, 6.45) is 7.86. The number of hydrogen-bond donors (Lipinski definition) is 0. The summed E-state index contributed by atoms with van der Waals surface area (Å²) >= 11 is 9.91. The summed E-state index contributed by atoms with van der Waals surface area (Å²) in [4.78, 5) is 47.9. The van der Waals surface area contributed by atoms with Crippen LogP contribution in [-0.2, 0) is 0 Å². The molecule has 2 aliphatic rings. The molecule has 2 aromatic carbocycles. The van der Waals surface area contributed by atoms with E-state index in [-0.39, 0.29) is 27.8 Å². The Morgan fingerprint density at radius 3 is 1.43 bits per heavy atom. The fourth-order valence-electron chi connectivity index (χ4n) is 4.95. The van der Waals surface area contributed by atoms with E-state index in [2.05, 4.69) is 18.6 Å². The van der Waals surface area contributed by atoms with E-state index in [1.807, 2.05) is 18.2 Å². The Morgan fingerprint density at radius 1 is 0.609 bits per heavy atom. The van der Waals surface area contributed by atoms with E-state index >= 15 is 0 Å². The molecule has 0 N–H and O–H groups in total. The predicted octanol–water partition coefficient (Wildman–Crippen LogP) is 10.3. The van der Waals surface area contributed by atoms with Gasteiger partial charge in [-0.1, -0.05) is 23.5 Å². The van der Waals surface area contributed by atoms with Gasteiger partial charge in [0, 0.05) is 42.8 Å². The lowest BCUT2D eigenvalue weighted by Crippen LogP contribution is -1.99. The zero-order chi connectivity index (χ0) is 32.9. The molecule has 18 heteroatoms. The Bertz CT molecular complexity index is 2010. The standard InChI is InChI=1S/C28H16N4O8S6/c1-41-27-28(42-2)46-24(45-27)12-16-4-6-23(44-16)22-5-3-15(43-22)11-17-18-7-13(29(33)34)9-20(31(37)38)25(18)26-19(17)8-14(30(35)36)10-21(26)32(39)40/h3-12H,1-2H3. The monoisotopic (exact) mass is 728 g/mol. The van der Waals surface area contributed by atoms with Crippen molar-refractivity contribution in [3.8, 4) is 20.9 Å². The fraction of sp³-hybridized carbons (Fsp3) is 0.0714. The number of nitro benzene ring substituents is 4. The number of nitrogens with zero attached hydrogens (tertiary/aromatic N) is 4. The lowest BCUT2D eigenvalue weighted by Gasteiger charge is -2.04. The van der Waals surface area contributed by atoms with Gasteiger partial charge in [0.25, 0.3) is 22.7 Å². The van der Waals surface area contributed by atoms with E-state index < -0.39 is 42.4 Å². The van der Waals surface area contributed by atoms with Gasteiger partial charge in [-0.3, -0.25) is 40.5 Å². The Kier molecular flexibility index (Phi) is 8.83. The highest BCUT2D eigenvalue weighted by Gasteiger charge is 2.40. The summed E-state index contributed by atoms with van der Waals surface area (Å²) in [6.45, 7) is 0. The van der Waals surface area contributed by atoms with Crippen LogP contribution in [-0.4, -0.2) is 32.2 Å². The summed E-state index contributed by atoms with van der Waals surface area (Å²) in [6, 6.07) is 11.4. The molecule has 0 fully saturated rings. The van der Waals surface area contributed by atoms with Crippen LogP contribution in [0.5, 0.6) is 0 Å². The summed E-state index contributed by atoms with van der Waals surface area (Å²) in [7, 11) is 0. The average molecular weight is 729 g/mol. The highest BCUT2D eigenvalue weighted by atomic mass is 32.3. The van der Waals surface area contributed by atoms with Crippen LogP contribution in [0.15, 0.2) is 61.2 Å². The van der Waals surface area contributed by atoms with Gasteiger partial charge in [-0.15, -0.1) is 46.2 Å². The zero-order valence-corrected chi connectivity index (χ0v) is 28.2. The van der Waals surface area contributed by atoms with Crippen molar-refractivity contribution in [2.24, 2.45) is 0 Å². The molecule has 0 unspecified atom stereocenters. The van der Waals surface area contributed by atoms with Crippen LogP contribution in [0.3, 0.4) is 0 Å². The summed E-state index contributed by atoms with van der Waals surface area (Å²) in [5.41, 5.74) is -2.79. The minimum absolute atomic E-state index is 0.00822. The molecule has 0 amide bonds. The maximum absolute atomic E-state index is 12.1. The van der Waals surface area contributed by atoms with Gasteiger partial charge in [-0.05, 0) is 54.5 Å². The second-order valence-electron chi connectivity index (χ2n) is 9.42. The molecule has 4 aromatic rings. The van der Waals surface area contributed by atoms with Crippen LogP contribution in [0.4, 0.5) is 22.7 Å². The largest absolute Gasteiger partial charge is 0.284 e. The van der Waals surface area contributed by atoms with Gasteiger partial charge in [0.2, 0.25) is 0 Å². The van der Waals surface area contributed by atoms with Crippen molar-refractivity contribution in [1.29, 1.82) is 0 Å². The van der Waals surface area contributed by atoms with E-state index in [1.165, 1.54) is 24.0 Å². The Morgan fingerprint density at radius 2 is 1.04 bits per heavy atom. The van der Waals surface area contributed by atoms with Gasteiger partial charge in [-0.2, -0.15) is 0 Å². The molecule has 232 valence electrons. The molecule has 12 nitrogen and oxygen atoms in total. The number of hydrogen-bond acceptors (Lipinski definition) is 14. The first-order valence-corrected chi connectivity index (χ1v) is 18.5. The van der Waals surface area contributed by atoms with Gasteiger partial charge in [0.15, 0.2) is 0 Å². The lowest BCUT2D eigenvalue weighted by molar-refractivity contribution is -0.395. The fourth-order valence-corrected chi connectivity index (χ4v) is 12.0. The minimum atomic E-state index is -0.848. The number of benzene rings is 2. The van der Waals surface area contributed by atoms with Gasteiger partial charge < -0.3 is 0 Å². The van der Waals surface area contributed by atoms with Crippen molar-refractivity contribution in [2.75, 3.05) is 12.5 Å². The van der Waals surface area contributed by atoms with Gasteiger partial charge in [-0.25, -0.2) is 0 Å². The maximum Gasteiger partial charge on any atom is 0.284 e. The third kappa shape index (κ3) is 5.87. The van der Waals surface area contributed by atoms with Gasteiger partial charge >= 0.3 is 0 Å². The van der Waals surface area contributed by atoms with Crippen molar-refractivity contribution in [1.82, 2.24) is 0 Å². The van der Waals surface area contributed by atoms with Crippen LogP contribution in [0.25, 0.3) is 38.6 Å². The first-order chi connectivity index (χ1) is 22.0. The molecule has 0 radical (unpaired) electrons. The highest BCUT2D eigenvalue weighted by molar-refractivity contribution is 8.40. The molecule has 0 bridgehead atoms. The van der Waals surface area contributed by atoms with Crippen molar-refractivity contribution in [3.05, 3.63) is 123 Å². The zero-order valence-electron chi connectivity index (χ0n) is 23.3. The van der Waals surface area contributed by atoms with Crippen molar-refractivity contribution in [2.45, 2.75) is 0 Å². The van der Waals surface area contributed by atoms with E-state index in [0.29, 0.717) is 4.88 Å². The number of thioether (sulfide) groups is 4. The predicted molar refractivity (Wildman–Crippen MR) is 190 cm³/mol. The van der Waals surface area contributed by atoms with Gasteiger partial charge in [0.05, 0.1) is 55.7 Å². The minimum Gasteiger partial charge on any atom is -0.258 e. The summed E-state index contributed by atoms with van der Waals surface area (Å²) in [5, 5.41) is 47.6. The lowest BCUT2D eigenvalue weighted by atomic mass is 10.0. The van der Waals surface area contributed by atoms with Crippen LogP contribution in [0.1, 0.15) is 20.9 Å².